The van der Waals surface area contributed by atoms with Gasteiger partial charge < -0.3 is 0 Å². The summed E-state index contributed by atoms with van der Waals surface area (Å²) < 4.78 is 4.71. The largest absolute Gasteiger partial charge is 0.142 e. The van der Waals surface area contributed by atoms with E-state index in [9.17, 15) is 0 Å². The molecular formula is C22H25BrS5. The molecule has 0 amide bonds. The van der Waals surface area contributed by atoms with Crippen LogP contribution in [0.1, 0.15) is 69.6 Å². The minimum Gasteiger partial charge on any atom is -0.142 e. The second kappa shape index (κ2) is 8.31. The molecule has 0 N–H and O–H groups in total. The van der Waals surface area contributed by atoms with Crippen molar-refractivity contribution in [3.05, 3.63) is 37.2 Å². The molecule has 5 rings (SSSR count). The highest BCUT2D eigenvalue weighted by atomic mass is 79.9. The first kappa shape index (κ1) is 20.6. The minimum absolute atomic E-state index is 0.141. The molecule has 2 atom stereocenters. The van der Waals surface area contributed by atoms with E-state index in [2.05, 4.69) is 81.1 Å². The van der Waals surface area contributed by atoms with Gasteiger partial charge in [0.05, 0.1) is 13.3 Å². The Hall–Kier alpha value is 0.670. The molecule has 0 aliphatic carbocycles. The lowest BCUT2D eigenvalue weighted by Crippen LogP contribution is -2.34. The Labute approximate surface area is 197 Å². The quantitative estimate of drug-likeness (QED) is 0.297. The van der Waals surface area contributed by atoms with Crippen LogP contribution >= 0.6 is 73.9 Å². The first-order valence-corrected chi connectivity index (χ1v) is 15.3. The second-order valence-corrected chi connectivity index (χ2v) is 15.0. The molecule has 2 unspecified atom stereocenters. The average Bonchev–Trinajstić information content (AvgIpc) is 3.41. The zero-order valence-electron chi connectivity index (χ0n) is 16.1. The Kier molecular flexibility index (Phi) is 6.10. The van der Waals surface area contributed by atoms with Crippen LogP contribution in [0.15, 0.2) is 37.2 Å². The zero-order chi connectivity index (χ0) is 19.2. The van der Waals surface area contributed by atoms with Crippen LogP contribution in [0.25, 0.3) is 9.40 Å². The Morgan fingerprint density at radius 2 is 1.79 bits per heavy atom. The summed E-state index contributed by atoms with van der Waals surface area (Å²) in [6.07, 6.45) is 14.9. The van der Waals surface area contributed by atoms with Gasteiger partial charge in [-0.05, 0) is 51.2 Å². The lowest BCUT2D eigenvalue weighted by Gasteiger charge is -2.33. The van der Waals surface area contributed by atoms with Crippen LogP contribution in [0.5, 0.6) is 0 Å². The number of fused-ring (bicyclic) bond motifs is 3. The number of hydrogen-bond acceptors (Lipinski definition) is 5. The van der Waals surface area contributed by atoms with E-state index >= 15 is 0 Å². The average molecular weight is 530 g/mol. The molecule has 5 heterocycles. The van der Waals surface area contributed by atoms with E-state index in [1.165, 1.54) is 71.0 Å². The van der Waals surface area contributed by atoms with E-state index < -0.39 is 0 Å². The van der Waals surface area contributed by atoms with Crippen molar-refractivity contribution >= 4 is 83.3 Å². The van der Waals surface area contributed by atoms with Crippen LogP contribution in [0.4, 0.5) is 0 Å². The number of hydrogen-bond donors (Lipinski definition) is 0. The molecule has 150 valence electrons. The lowest BCUT2D eigenvalue weighted by atomic mass is 9.90. The van der Waals surface area contributed by atoms with Crippen molar-refractivity contribution in [3.63, 3.8) is 0 Å². The highest BCUT2D eigenvalue weighted by molar-refractivity contribution is 9.14. The van der Waals surface area contributed by atoms with E-state index in [1.54, 1.807) is 15.3 Å². The van der Waals surface area contributed by atoms with Gasteiger partial charge >= 0.3 is 0 Å². The normalized spacial score (nSPS) is 27.8. The summed E-state index contributed by atoms with van der Waals surface area (Å²) in [5.41, 5.74) is 1.66. The molecular weight excluding hydrogens is 504 g/mol. The number of unbranched alkanes of at least 4 members (excludes halogenated alkanes) is 7. The molecule has 2 aromatic heterocycles. The summed E-state index contributed by atoms with van der Waals surface area (Å²) in [6, 6.07) is 2.30. The lowest BCUT2D eigenvalue weighted by molar-refractivity contribution is 0.570. The Morgan fingerprint density at radius 1 is 1.00 bits per heavy atom. The van der Waals surface area contributed by atoms with Gasteiger partial charge in [0.1, 0.15) is 4.08 Å². The summed E-state index contributed by atoms with van der Waals surface area (Å²) >= 11 is 14.2. The third-order valence-electron chi connectivity index (χ3n) is 6.04. The van der Waals surface area contributed by atoms with Crippen LogP contribution in [-0.4, -0.2) is 4.75 Å². The van der Waals surface area contributed by atoms with E-state index in [4.69, 9.17) is 0 Å². The van der Waals surface area contributed by atoms with Crippen molar-refractivity contribution in [2.24, 2.45) is 0 Å². The molecule has 0 aromatic carbocycles. The fourth-order valence-corrected chi connectivity index (χ4v) is 14.7. The van der Waals surface area contributed by atoms with Crippen LogP contribution in [0.2, 0.25) is 0 Å². The molecule has 0 radical (unpaired) electrons. The number of rotatable bonds is 9. The van der Waals surface area contributed by atoms with Crippen LogP contribution in [0.3, 0.4) is 0 Å². The molecule has 0 bridgehead atoms. The van der Waals surface area contributed by atoms with E-state index in [0.29, 0.717) is 0 Å². The Bertz CT molecular complexity index is 938. The van der Waals surface area contributed by atoms with Gasteiger partial charge in [-0.3, -0.25) is 0 Å². The van der Waals surface area contributed by atoms with Gasteiger partial charge in [-0.25, -0.2) is 0 Å². The molecule has 0 nitrogen and oxygen atoms in total. The number of halogens is 1. The fraction of sp³-hybridized carbons (Fsp3) is 0.545. The molecule has 3 aliphatic heterocycles. The number of thiophene rings is 2. The molecule has 0 spiro atoms. The molecule has 0 saturated heterocycles. The van der Waals surface area contributed by atoms with Crippen LogP contribution in [-0.2, 0) is 4.08 Å². The number of thioether (sulfide) groups is 3. The van der Waals surface area contributed by atoms with Gasteiger partial charge in [-0.1, -0.05) is 69.7 Å². The topological polar surface area (TPSA) is 0 Å². The van der Waals surface area contributed by atoms with Crippen molar-refractivity contribution in [1.29, 1.82) is 0 Å². The Morgan fingerprint density at radius 3 is 2.61 bits per heavy atom. The first-order valence-electron chi connectivity index (χ1n) is 10.3. The Balaban J connectivity index is 1.29. The molecule has 0 saturated carbocycles. The highest BCUT2D eigenvalue weighted by Crippen LogP contribution is 2.81. The van der Waals surface area contributed by atoms with Crippen molar-refractivity contribution in [2.75, 3.05) is 0 Å². The monoisotopic (exact) mass is 528 g/mol. The summed E-state index contributed by atoms with van der Waals surface area (Å²) in [6.45, 7) is 2.30. The smallest absolute Gasteiger partial charge is 0.128 e. The van der Waals surface area contributed by atoms with Gasteiger partial charge in [0.15, 0.2) is 0 Å². The maximum absolute atomic E-state index is 3.99. The van der Waals surface area contributed by atoms with Gasteiger partial charge in [0.2, 0.25) is 0 Å². The van der Waals surface area contributed by atoms with Gasteiger partial charge in [0.25, 0.3) is 0 Å². The summed E-state index contributed by atoms with van der Waals surface area (Å²) in [5.74, 6) is 0. The van der Waals surface area contributed by atoms with E-state index in [1.807, 2.05) is 22.7 Å². The van der Waals surface area contributed by atoms with Crippen LogP contribution < -0.4 is 0 Å². The standard InChI is InChI=1S/C22H25BrS5/c1-2-3-4-5-6-7-8-9-10-15-20(23)28-22-19-18(17-16(26-19)11-13-24-17)27-21(15,22)12-14-25-22/h11-14H,2-10H2,1H3. The van der Waals surface area contributed by atoms with E-state index in [-0.39, 0.29) is 8.83 Å². The van der Waals surface area contributed by atoms with Crippen molar-refractivity contribution < 1.29 is 0 Å². The first-order chi connectivity index (χ1) is 13.7. The fourth-order valence-electron chi connectivity index (χ4n) is 4.58. The van der Waals surface area contributed by atoms with Crippen molar-refractivity contribution in [2.45, 2.75) is 78.4 Å². The molecule has 0 fully saturated rings. The summed E-state index contributed by atoms with van der Waals surface area (Å²) in [4.78, 5) is 3.19. The van der Waals surface area contributed by atoms with Gasteiger partial charge in [0, 0.05) is 14.5 Å². The van der Waals surface area contributed by atoms with E-state index in [0.717, 1.165) is 0 Å². The molecule has 6 heteroatoms. The minimum atomic E-state index is 0.141. The van der Waals surface area contributed by atoms with Gasteiger partial charge in [-0.2, -0.15) is 0 Å². The summed E-state index contributed by atoms with van der Waals surface area (Å²) in [5, 5.41) is 4.63. The third-order valence-corrected chi connectivity index (χ3v) is 14.6. The second-order valence-electron chi connectivity index (χ2n) is 7.83. The van der Waals surface area contributed by atoms with Gasteiger partial charge in [-0.15, -0.1) is 46.2 Å². The third kappa shape index (κ3) is 3.07. The highest BCUT2D eigenvalue weighted by Gasteiger charge is 2.67. The summed E-state index contributed by atoms with van der Waals surface area (Å²) in [7, 11) is 0. The van der Waals surface area contributed by atoms with Crippen molar-refractivity contribution in [1.82, 2.24) is 0 Å². The molecule has 28 heavy (non-hydrogen) atoms. The van der Waals surface area contributed by atoms with Crippen molar-refractivity contribution in [3.8, 4) is 0 Å². The zero-order valence-corrected chi connectivity index (χ0v) is 21.8. The predicted molar refractivity (Wildman–Crippen MR) is 137 cm³/mol. The van der Waals surface area contributed by atoms with Crippen LogP contribution in [0, 0.1) is 0 Å². The molecule has 2 aromatic rings. The maximum Gasteiger partial charge on any atom is 0.128 e. The SMILES string of the molecule is CCCCCCCCCCC1=C(Br)SC23SC=CC12Sc1c3sc2ccsc12. The molecule has 3 aliphatic rings. The predicted octanol–water partition coefficient (Wildman–Crippen LogP) is 10.1. The maximum atomic E-state index is 3.99.